The molecule has 1 N–H and O–H groups in total. The van der Waals surface area contributed by atoms with Crippen LogP contribution in [0.15, 0.2) is 18.3 Å². The summed E-state index contributed by atoms with van der Waals surface area (Å²) in [4.78, 5) is 11.4. The highest BCUT2D eigenvalue weighted by Gasteiger charge is 2.10. The Hall–Kier alpha value is -1.10. The number of unbranched alkanes of at least 4 members (excludes halogenated alkanes) is 1. The second kappa shape index (κ2) is 7.44. The lowest BCUT2D eigenvalue weighted by molar-refractivity contribution is 0.331. The first-order valence-electron chi connectivity index (χ1n) is 7.80. The standard InChI is InChI=1S/C16H20Cl2N4/c17-12-9-14-15(10-13(12)18)21-16(11-20-14)19-5-1-2-6-22-7-3-4-8-22/h9-11H,1-8H2,(H,19,21). The average Bonchev–Trinajstić information content (AvgIpc) is 3.01. The maximum absolute atomic E-state index is 6.02. The predicted octanol–water partition coefficient (Wildman–Crippen LogP) is 4.22. The van der Waals surface area contributed by atoms with Crippen LogP contribution in [0.4, 0.5) is 5.82 Å². The van der Waals surface area contributed by atoms with Crippen molar-refractivity contribution < 1.29 is 0 Å². The van der Waals surface area contributed by atoms with Crippen molar-refractivity contribution in [1.29, 1.82) is 0 Å². The summed E-state index contributed by atoms with van der Waals surface area (Å²) in [7, 11) is 0. The number of hydrogen-bond donors (Lipinski definition) is 1. The van der Waals surface area contributed by atoms with Crippen molar-refractivity contribution in [3.63, 3.8) is 0 Å². The van der Waals surface area contributed by atoms with E-state index in [-0.39, 0.29) is 0 Å². The minimum absolute atomic E-state index is 0.506. The van der Waals surface area contributed by atoms with Crippen LogP contribution in [0.3, 0.4) is 0 Å². The van der Waals surface area contributed by atoms with Gasteiger partial charge in [-0.05, 0) is 57.5 Å². The van der Waals surface area contributed by atoms with Gasteiger partial charge in [0.25, 0.3) is 0 Å². The summed E-state index contributed by atoms with van der Waals surface area (Å²) in [6.45, 7) is 4.66. The summed E-state index contributed by atoms with van der Waals surface area (Å²) in [6.07, 6.45) is 6.81. The quantitative estimate of drug-likeness (QED) is 0.800. The van der Waals surface area contributed by atoms with Crippen molar-refractivity contribution in [3.8, 4) is 0 Å². The van der Waals surface area contributed by atoms with Crippen LogP contribution in [0.2, 0.25) is 10.0 Å². The normalized spacial score (nSPS) is 15.5. The number of halogens is 2. The smallest absolute Gasteiger partial charge is 0.145 e. The molecular weight excluding hydrogens is 319 g/mol. The highest BCUT2D eigenvalue weighted by molar-refractivity contribution is 6.42. The summed E-state index contributed by atoms with van der Waals surface area (Å²) >= 11 is 12.0. The van der Waals surface area contributed by atoms with E-state index >= 15 is 0 Å². The maximum atomic E-state index is 6.02. The Labute approximate surface area is 140 Å². The van der Waals surface area contributed by atoms with Crippen LogP contribution in [-0.2, 0) is 0 Å². The molecule has 1 aromatic carbocycles. The van der Waals surface area contributed by atoms with Gasteiger partial charge in [0.1, 0.15) is 5.82 Å². The molecule has 3 rings (SSSR count). The molecule has 4 nitrogen and oxygen atoms in total. The summed E-state index contributed by atoms with van der Waals surface area (Å²) in [5.74, 6) is 0.784. The van der Waals surface area contributed by atoms with Gasteiger partial charge >= 0.3 is 0 Å². The largest absolute Gasteiger partial charge is 0.369 e. The van der Waals surface area contributed by atoms with Crippen molar-refractivity contribution in [2.24, 2.45) is 0 Å². The minimum atomic E-state index is 0.506. The fourth-order valence-electron chi connectivity index (χ4n) is 2.78. The third-order valence-electron chi connectivity index (χ3n) is 3.99. The lowest BCUT2D eigenvalue weighted by atomic mass is 10.3. The molecule has 1 saturated heterocycles. The zero-order valence-electron chi connectivity index (χ0n) is 12.5. The Bertz CT molecular complexity index is 641. The lowest BCUT2D eigenvalue weighted by Gasteiger charge is -2.14. The minimum Gasteiger partial charge on any atom is -0.369 e. The second-order valence-electron chi connectivity index (χ2n) is 5.69. The maximum Gasteiger partial charge on any atom is 0.145 e. The van der Waals surface area contributed by atoms with E-state index in [2.05, 4.69) is 20.2 Å². The van der Waals surface area contributed by atoms with Crippen LogP contribution in [0, 0.1) is 0 Å². The number of hydrogen-bond acceptors (Lipinski definition) is 4. The zero-order chi connectivity index (χ0) is 15.4. The third-order valence-corrected chi connectivity index (χ3v) is 4.71. The van der Waals surface area contributed by atoms with E-state index in [0.29, 0.717) is 10.0 Å². The van der Waals surface area contributed by atoms with E-state index in [1.165, 1.54) is 38.9 Å². The van der Waals surface area contributed by atoms with Crippen LogP contribution in [0.25, 0.3) is 11.0 Å². The molecule has 0 bridgehead atoms. The summed E-state index contributed by atoms with van der Waals surface area (Å²) in [5, 5.41) is 4.34. The number of nitrogens with one attached hydrogen (secondary N) is 1. The number of benzene rings is 1. The summed E-state index contributed by atoms with van der Waals surface area (Å²) < 4.78 is 0. The first-order valence-corrected chi connectivity index (χ1v) is 8.56. The number of nitrogens with zero attached hydrogens (tertiary/aromatic N) is 3. The van der Waals surface area contributed by atoms with E-state index in [4.69, 9.17) is 23.2 Å². The van der Waals surface area contributed by atoms with Crippen molar-refractivity contribution >= 4 is 40.1 Å². The first-order chi connectivity index (χ1) is 10.7. The van der Waals surface area contributed by atoms with Gasteiger partial charge in [0.2, 0.25) is 0 Å². The van der Waals surface area contributed by atoms with Crippen LogP contribution < -0.4 is 5.32 Å². The molecule has 1 aliphatic rings. The highest BCUT2D eigenvalue weighted by atomic mass is 35.5. The van der Waals surface area contributed by atoms with E-state index in [9.17, 15) is 0 Å². The van der Waals surface area contributed by atoms with Gasteiger partial charge < -0.3 is 10.2 Å². The van der Waals surface area contributed by atoms with Gasteiger partial charge in [0, 0.05) is 6.54 Å². The van der Waals surface area contributed by atoms with Gasteiger partial charge in [-0.3, -0.25) is 4.98 Å². The van der Waals surface area contributed by atoms with Gasteiger partial charge in [0.15, 0.2) is 0 Å². The molecule has 0 amide bonds. The van der Waals surface area contributed by atoms with Crippen molar-refractivity contribution in [2.45, 2.75) is 25.7 Å². The summed E-state index contributed by atoms with van der Waals surface area (Å²) in [6, 6.07) is 3.50. The number of aromatic nitrogens is 2. The molecule has 0 saturated carbocycles. The molecule has 0 radical (unpaired) electrons. The van der Waals surface area contributed by atoms with Gasteiger partial charge in [-0.1, -0.05) is 23.2 Å². The zero-order valence-corrected chi connectivity index (χ0v) is 14.0. The SMILES string of the molecule is Clc1cc2ncc(NCCCCN3CCCC3)nc2cc1Cl. The van der Waals surface area contributed by atoms with Crippen LogP contribution >= 0.6 is 23.2 Å². The Morgan fingerprint density at radius 2 is 1.77 bits per heavy atom. The molecular formula is C16H20Cl2N4. The molecule has 0 atom stereocenters. The van der Waals surface area contributed by atoms with Crippen LogP contribution in [-0.4, -0.2) is 41.0 Å². The Kier molecular flexibility index (Phi) is 5.34. The number of rotatable bonds is 6. The molecule has 6 heteroatoms. The average molecular weight is 339 g/mol. The Balaban J connectivity index is 1.49. The van der Waals surface area contributed by atoms with Gasteiger partial charge in [-0.25, -0.2) is 4.98 Å². The van der Waals surface area contributed by atoms with Crippen LogP contribution in [0.1, 0.15) is 25.7 Å². The molecule has 22 heavy (non-hydrogen) atoms. The molecule has 0 spiro atoms. The lowest BCUT2D eigenvalue weighted by Crippen LogP contribution is -2.20. The number of anilines is 1. The third kappa shape index (κ3) is 4.00. The fourth-order valence-corrected chi connectivity index (χ4v) is 3.09. The molecule has 2 aromatic rings. The van der Waals surface area contributed by atoms with Crippen LogP contribution in [0.5, 0.6) is 0 Å². The predicted molar refractivity (Wildman–Crippen MR) is 93.0 cm³/mol. The fraction of sp³-hybridized carbons (Fsp3) is 0.500. The monoisotopic (exact) mass is 338 g/mol. The van der Waals surface area contributed by atoms with E-state index in [0.717, 1.165) is 29.8 Å². The Morgan fingerprint density at radius 1 is 1.05 bits per heavy atom. The van der Waals surface area contributed by atoms with E-state index in [1.807, 2.05) is 0 Å². The molecule has 1 aromatic heterocycles. The van der Waals surface area contributed by atoms with Crippen molar-refractivity contribution in [3.05, 3.63) is 28.4 Å². The highest BCUT2D eigenvalue weighted by Crippen LogP contribution is 2.26. The number of likely N-dealkylation sites (tertiary alicyclic amines) is 1. The van der Waals surface area contributed by atoms with E-state index in [1.54, 1.807) is 18.3 Å². The van der Waals surface area contributed by atoms with Gasteiger partial charge in [-0.15, -0.1) is 0 Å². The molecule has 0 unspecified atom stereocenters. The second-order valence-corrected chi connectivity index (χ2v) is 6.51. The molecule has 1 fully saturated rings. The van der Waals surface area contributed by atoms with Crippen molar-refractivity contribution in [2.75, 3.05) is 31.5 Å². The van der Waals surface area contributed by atoms with Gasteiger partial charge in [0.05, 0.1) is 27.3 Å². The topological polar surface area (TPSA) is 41.1 Å². The summed E-state index contributed by atoms with van der Waals surface area (Å²) in [5.41, 5.74) is 1.52. The molecule has 1 aliphatic heterocycles. The first kappa shape index (κ1) is 15.8. The number of fused-ring (bicyclic) bond motifs is 1. The molecule has 0 aliphatic carbocycles. The molecule has 2 heterocycles. The van der Waals surface area contributed by atoms with Crippen molar-refractivity contribution in [1.82, 2.24) is 14.9 Å². The van der Waals surface area contributed by atoms with E-state index < -0.39 is 0 Å². The Morgan fingerprint density at radius 3 is 2.55 bits per heavy atom. The molecule has 118 valence electrons. The van der Waals surface area contributed by atoms with Gasteiger partial charge in [-0.2, -0.15) is 0 Å².